The molecule has 0 radical (unpaired) electrons. The molecule has 0 fully saturated rings. The first-order valence-electron chi connectivity index (χ1n) is 3.49. The second kappa shape index (κ2) is 2.37. The van der Waals surface area contributed by atoms with E-state index in [1.165, 1.54) is 0 Å². The summed E-state index contributed by atoms with van der Waals surface area (Å²) >= 11 is 0. The van der Waals surface area contributed by atoms with Crippen molar-refractivity contribution in [3.63, 3.8) is 0 Å². The van der Waals surface area contributed by atoms with Gasteiger partial charge in [-0.1, -0.05) is 0 Å². The van der Waals surface area contributed by atoms with Crippen LogP contribution in [0.5, 0.6) is 0 Å². The van der Waals surface area contributed by atoms with E-state index >= 15 is 0 Å². The van der Waals surface area contributed by atoms with Gasteiger partial charge in [-0.2, -0.15) is 0 Å². The monoisotopic (exact) mass is 165 g/mol. The molecule has 0 aliphatic heterocycles. The maximum absolute atomic E-state index is 10.3. The van der Waals surface area contributed by atoms with Gasteiger partial charge in [0.2, 0.25) is 0 Å². The summed E-state index contributed by atoms with van der Waals surface area (Å²) in [5, 5.41) is 11.3. The number of aliphatic carboxylic acids is 1. The fraction of sp³-hybridized carbons (Fsp3) is 0.143. The van der Waals surface area contributed by atoms with E-state index in [4.69, 9.17) is 5.11 Å². The van der Waals surface area contributed by atoms with Crippen molar-refractivity contribution in [3.05, 3.63) is 24.2 Å². The van der Waals surface area contributed by atoms with Gasteiger partial charge < -0.3 is 10.2 Å². The van der Waals surface area contributed by atoms with Gasteiger partial charge in [0.05, 0.1) is 18.3 Å². The van der Waals surface area contributed by atoms with E-state index < -0.39 is 5.97 Å². The molecule has 0 atom stereocenters. The first-order chi connectivity index (χ1) is 5.75. The predicted octanol–water partition coefficient (Wildman–Crippen LogP) is 0.290. The van der Waals surface area contributed by atoms with Crippen molar-refractivity contribution < 1.29 is 9.90 Å². The van der Waals surface area contributed by atoms with Crippen molar-refractivity contribution in [2.75, 3.05) is 0 Å². The van der Waals surface area contributed by atoms with Crippen molar-refractivity contribution in [2.45, 2.75) is 6.42 Å². The Morgan fingerprint density at radius 1 is 1.75 bits per heavy atom. The average Bonchev–Trinajstić information content (AvgIpc) is 2.43. The van der Waals surface area contributed by atoms with E-state index in [9.17, 15) is 4.79 Å². The van der Waals surface area contributed by atoms with Gasteiger partial charge in [-0.3, -0.25) is 4.79 Å². The van der Waals surface area contributed by atoms with Crippen LogP contribution in [0.3, 0.4) is 0 Å². The number of fused-ring (bicyclic) bond motifs is 1. The van der Waals surface area contributed by atoms with Crippen LogP contribution in [0.1, 0.15) is 5.69 Å². The highest BCUT2D eigenvalue weighted by Gasteiger charge is 2.05. The highest BCUT2D eigenvalue weighted by Crippen LogP contribution is 2.03. The molecular formula is C7H7N3O2. The topological polar surface area (TPSA) is 70.4 Å². The predicted molar refractivity (Wildman–Crippen MR) is 40.9 cm³/mol. The molecule has 2 rings (SSSR count). The van der Waals surface area contributed by atoms with Crippen LogP contribution < -0.4 is 0 Å². The molecular weight excluding hydrogens is 158 g/mol. The lowest BCUT2D eigenvalue weighted by Gasteiger charge is -1.85. The van der Waals surface area contributed by atoms with Gasteiger partial charge >= 0.3 is 5.97 Å². The molecule has 0 amide bonds. The minimum atomic E-state index is -0.865. The third-order valence-corrected chi connectivity index (χ3v) is 1.56. The molecule has 0 aliphatic carbocycles. The molecule has 2 aromatic rings. The number of aromatic nitrogens is 3. The molecule has 0 spiro atoms. The molecule has 0 unspecified atom stereocenters. The van der Waals surface area contributed by atoms with Gasteiger partial charge in [0.1, 0.15) is 0 Å². The van der Waals surface area contributed by atoms with Crippen molar-refractivity contribution in [3.8, 4) is 0 Å². The second-order valence-electron chi connectivity index (χ2n) is 2.49. The fourth-order valence-corrected chi connectivity index (χ4v) is 1.10. The first kappa shape index (κ1) is 6.90. The zero-order chi connectivity index (χ0) is 8.55. The van der Waals surface area contributed by atoms with Crippen LogP contribution in [0.25, 0.3) is 5.65 Å². The second-order valence-corrected chi connectivity index (χ2v) is 2.49. The summed E-state index contributed by atoms with van der Waals surface area (Å²) in [4.78, 5) is 14.4. The number of rotatable bonds is 2. The summed E-state index contributed by atoms with van der Waals surface area (Å²) in [6.07, 6.45) is 3.38. The zero-order valence-corrected chi connectivity index (χ0v) is 6.19. The minimum absolute atomic E-state index is 0.0322. The Morgan fingerprint density at radius 3 is 3.25 bits per heavy atom. The van der Waals surface area contributed by atoms with Crippen LogP contribution in [0.4, 0.5) is 0 Å². The molecule has 2 aromatic heterocycles. The number of hydrogen-bond acceptors (Lipinski definition) is 2. The first-order valence-corrected chi connectivity index (χ1v) is 3.49. The van der Waals surface area contributed by atoms with E-state index in [0.717, 1.165) is 5.65 Å². The number of carboxylic acids is 1. The maximum atomic E-state index is 10.3. The standard InChI is InChI=1S/C7H7N3O2/c11-7(12)3-5-4-10-6(9-5)1-2-8-10/h1-2,4,8H,3H2,(H,11,12). The summed E-state index contributed by atoms with van der Waals surface area (Å²) in [5.41, 5.74) is 1.31. The van der Waals surface area contributed by atoms with E-state index in [0.29, 0.717) is 5.69 Å². The number of aromatic amines is 1. The van der Waals surface area contributed by atoms with Crippen molar-refractivity contribution in [1.82, 2.24) is 14.6 Å². The molecule has 5 heteroatoms. The molecule has 0 saturated carbocycles. The highest BCUT2D eigenvalue weighted by atomic mass is 16.4. The van der Waals surface area contributed by atoms with Crippen LogP contribution >= 0.6 is 0 Å². The number of carboxylic acid groups (broad SMARTS) is 1. The summed E-state index contributed by atoms with van der Waals surface area (Å²) in [5.74, 6) is -0.865. The SMILES string of the molecule is O=C(O)Cc1cn2[nH]ccc2n1. The minimum Gasteiger partial charge on any atom is -0.481 e. The molecule has 2 heterocycles. The Kier molecular flexibility index (Phi) is 1.36. The van der Waals surface area contributed by atoms with Crippen molar-refractivity contribution >= 4 is 11.6 Å². The molecule has 0 aromatic carbocycles. The van der Waals surface area contributed by atoms with Crippen LogP contribution in [-0.4, -0.2) is 25.7 Å². The van der Waals surface area contributed by atoms with Crippen LogP contribution in [0, 0.1) is 0 Å². The Balaban J connectivity index is 2.38. The number of imidazole rings is 1. The number of nitrogens with zero attached hydrogens (tertiary/aromatic N) is 2. The molecule has 12 heavy (non-hydrogen) atoms. The van der Waals surface area contributed by atoms with Crippen LogP contribution in [0.2, 0.25) is 0 Å². The maximum Gasteiger partial charge on any atom is 0.309 e. The van der Waals surface area contributed by atoms with Gasteiger partial charge in [-0.25, -0.2) is 9.50 Å². The number of H-pyrrole nitrogens is 1. The largest absolute Gasteiger partial charge is 0.481 e. The Morgan fingerprint density at radius 2 is 2.58 bits per heavy atom. The third-order valence-electron chi connectivity index (χ3n) is 1.56. The van der Waals surface area contributed by atoms with Gasteiger partial charge in [-0.05, 0) is 0 Å². The zero-order valence-electron chi connectivity index (χ0n) is 6.19. The Labute approximate surface area is 67.6 Å². The third kappa shape index (κ3) is 1.05. The van der Waals surface area contributed by atoms with Gasteiger partial charge in [0, 0.05) is 12.3 Å². The van der Waals surface area contributed by atoms with Crippen molar-refractivity contribution in [2.24, 2.45) is 0 Å². The highest BCUT2D eigenvalue weighted by molar-refractivity contribution is 5.69. The lowest BCUT2D eigenvalue weighted by Crippen LogP contribution is -1.99. The normalized spacial score (nSPS) is 10.7. The lowest BCUT2D eigenvalue weighted by atomic mass is 10.3. The van der Waals surface area contributed by atoms with Crippen LogP contribution in [0.15, 0.2) is 18.5 Å². The smallest absolute Gasteiger partial charge is 0.309 e. The number of hydrogen-bond donors (Lipinski definition) is 2. The van der Waals surface area contributed by atoms with Crippen molar-refractivity contribution in [1.29, 1.82) is 0 Å². The summed E-state index contributed by atoms with van der Waals surface area (Å²) in [6.45, 7) is 0. The summed E-state index contributed by atoms with van der Waals surface area (Å²) in [6, 6.07) is 1.78. The molecule has 62 valence electrons. The number of carbonyl (C=O) groups is 1. The van der Waals surface area contributed by atoms with E-state index in [-0.39, 0.29) is 6.42 Å². The van der Waals surface area contributed by atoms with E-state index in [1.54, 1.807) is 23.0 Å². The van der Waals surface area contributed by atoms with Gasteiger partial charge in [-0.15, -0.1) is 0 Å². The average molecular weight is 165 g/mol. The van der Waals surface area contributed by atoms with Gasteiger partial charge in [0.25, 0.3) is 0 Å². The Hall–Kier alpha value is -1.78. The number of nitrogens with one attached hydrogen (secondary N) is 1. The lowest BCUT2D eigenvalue weighted by molar-refractivity contribution is -0.136. The molecule has 0 saturated heterocycles. The molecule has 0 bridgehead atoms. The summed E-state index contributed by atoms with van der Waals surface area (Å²) in [7, 11) is 0. The fourth-order valence-electron chi connectivity index (χ4n) is 1.10. The van der Waals surface area contributed by atoms with E-state index in [1.807, 2.05) is 0 Å². The molecule has 5 nitrogen and oxygen atoms in total. The quantitative estimate of drug-likeness (QED) is 0.671. The van der Waals surface area contributed by atoms with Crippen LogP contribution in [-0.2, 0) is 11.2 Å². The Bertz CT molecular complexity index is 386. The van der Waals surface area contributed by atoms with E-state index in [2.05, 4.69) is 10.1 Å². The summed E-state index contributed by atoms with van der Waals surface area (Å²) < 4.78 is 1.68. The molecule has 0 aliphatic rings. The van der Waals surface area contributed by atoms with Gasteiger partial charge in [0.15, 0.2) is 5.65 Å². The molecule has 2 N–H and O–H groups in total.